The number of nitrogens with zero attached hydrogens (tertiary/aromatic N) is 4. The van der Waals surface area contributed by atoms with Gasteiger partial charge in [-0.25, -0.2) is 4.98 Å². The van der Waals surface area contributed by atoms with Crippen LogP contribution in [0.15, 0.2) is 176 Å². The van der Waals surface area contributed by atoms with Gasteiger partial charge in [0.25, 0.3) is 0 Å². The molecule has 0 saturated heterocycles. The van der Waals surface area contributed by atoms with Gasteiger partial charge in [-0.3, -0.25) is 0 Å². The second-order valence-corrected chi connectivity index (χ2v) is 15.5. The minimum absolute atomic E-state index is 0. The molecule has 0 amide bonds. The molecule has 0 aliphatic carbocycles. The molecular weight excluding hydrogens is 892 g/mol. The molecule has 0 fully saturated rings. The average molecular weight is 932 g/mol. The van der Waals surface area contributed by atoms with Crippen molar-refractivity contribution in [3.05, 3.63) is 188 Å². The van der Waals surface area contributed by atoms with Crippen molar-refractivity contribution < 1.29 is 25.8 Å². The molecule has 9 aromatic rings. The fourth-order valence-electron chi connectivity index (χ4n) is 8.21. The van der Waals surface area contributed by atoms with Gasteiger partial charge in [0.15, 0.2) is 0 Å². The predicted octanol–water partition coefficient (Wildman–Crippen LogP) is 13.3. The molecule has 284 valence electrons. The normalized spacial score (nSPS) is 12.5. The Morgan fingerprint density at radius 2 is 1.21 bits per heavy atom. The van der Waals surface area contributed by atoms with Crippen LogP contribution in [0.1, 0.15) is 20.8 Å². The van der Waals surface area contributed by atoms with E-state index in [1.165, 1.54) is 16.8 Å². The maximum absolute atomic E-state index is 6.59. The minimum Gasteiger partial charge on any atom is -0.509 e. The van der Waals surface area contributed by atoms with Gasteiger partial charge in [-0.05, 0) is 89.9 Å². The van der Waals surface area contributed by atoms with E-state index in [9.17, 15) is 0 Å². The summed E-state index contributed by atoms with van der Waals surface area (Å²) in [4.78, 5) is 9.74. The van der Waals surface area contributed by atoms with Crippen molar-refractivity contribution in [2.45, 2.75) is 26.3 Å². The van der Waals surface area contributed by atoms with Crippen LogP contribution in [-0.4, -0.2) is 21.8 Å². The van der Waals surface area contributed by atoms with Gasteiger partial charge in [0.2, 0.25) is 0 Å². The summed E-state index contributed by atoms with van der Waals surface area (Å²) in [5.41, 5.74) is 12.1. The first kappa shape index (κ1) is 37.2. The SMILES string of the molecule is CC(C)(C)N1CN(c2[c-]c(Oc3[c-]c4c(cc3)c3ccccc3n4-c3cc(-c4c(-c5ccccc5)cccc4-c4ccccc4)ccn3)ccc2)c2ccccc21.[Pt+2]. The molecule has 0 bridgehead atoms. The van der Waals surface area contributed by atoms with Crippen LogP contribution < -0.4 is 14.5 Å². The number of benzene rings is 7. The van der Waals surface area contributed by atoms with E-state index >= 15 is 0 Å². The van der Waals surface area contributed by atoms with Crippen LogP contribution in [0.4, 0.5) is 17.1 Å². The van der Waals surface area contributed by atoms with Crippen molar-refractivity contribution in [2.75, 3.05) is 16.5 Å². The smallest absolute Gasteiger partial charge is 0.509 e. The van der Waals surface area contributed by atoms with Crippen molar-refractivity contribution in [3.63, 3.8) is 0 Å². The fourth-order valence-corrected chi connectivity index (χ4v) is 8.21. The summed E-state index contributed by atoms with van der Waals surface area (Å²) in [6.45, 7) is 7.48. The first-order valence-corrected chi connectivity index (χ1v) is 19.4. The molecule has 0 atom stereocenters. The van der Waals surface area contributed by atoms with Crippen LogP contribution in [0, 0.1) is 12.1 Å². The van der Waals surface area contributed by atoms with E-state index in [1.807, 2.05) is 24.4 Å². The van der Waals surface area contributed by atoms with Gasteiger partial charge in [0, 0.05) is 28.8 Å². The summed E-state index contributed by atoms with van der Waals surface area (Å²) in [6.07, 6.45) is 1.92. The Morgan fingerprint density at radius 3 is 1.93 bits per heavy atom. The Hall–Kier alpha value is -6.42. The molecule has 2 aromatic heterocycles. The zero-order valence-corrected chi connectivity index (χ0v) is 34.7. The predicted molar refractivity (Wildman–Crippen MR) is 235 cm³/mol. The van der Waals surface area contributed by atoms with Crippen LogP contribution >= 0.6 is 0 Å². The zero-order chi connectivity index (χ0) is 38.5. The van der Waals surface area contributed by atoms with Gasteiger partial charge in [-0.1, -0.05) is 120 Å². The van der Waals surface area contributed by atoms with Crippen molar-refractivity contribution in [1.29, 1.82) is 0 Å². The second kappa shape index (κ2) is 15.2. The Bertz CT molecular complexity index is 2860. The number of ether oxygens (including phenoxy) is 1. The van der Waals surface area contributed by atoms with Crippen molar-refractivity contribution in [3.8, 4) is 50.7 Å². The number of para-hydroxylation sites is 3. The number of fused-ring (bicyclic) bond motifs is 4. The standard InChI is InChI=1S/C52H40N4O.Pt/c1-52(2,3)55-35-54(47-26-12-13-27-48(47)55)39-20-14-21-40(33-39)57-41-28-29-45-44-22-10-11-25-46(44)56(49(45)34-41)50-32-38(30-31-53-50)51-42(36-16-6-4-7-17-36)23-15-24-43(51)37-18-8-5-9-19-37;/h4-32H,35H2,1-3H3;/q-2;+2. The zero-order valence-electron chi connectivity index (χ0n) is 32.5. The van der Waals surface area contributed by atoms with E-state index in [1.54, 1.807) is 0 Å². The van der Waals surface area contributed by atoms with Crippen molar-refractivity contribution in [2.24, 2.45) is 0 Å². The van der Waals surface area contributed by atoms with E-state index in [-0.39, 0.29) is 26.6 Å². The monoisotopic (exact) mass is 931 g/mol. The number of rotatable bonds is 7. The summed E-state index contributed by atoms with van der Waals surface area (Å²) in [6, 6.07) is 66.6. The molecule has 10 rings (SSSR count). The van der Waals surface area contributed by atoms with E-state index in [0.29, 0.717) is 11.5 Å². The quantitative estimate of drug-likeness (QED) is 0.149. The molecule has 5 nitrogen and oxygen atoms in total. The molecule has 58 heavy (non-hydrogen) atoms. The van der Waals surface area contributed by atoms with E-state index in [2.05, 4.69) is 199 Å². The van der Waals surface area contributed by atoms with Gasteiger partial charge in [-0.2, -0.15) is 12.1 Å². The van der Waals surface area contributed by atoms with E-state index < -0.39 is 0 Å². The minimum atomic E-state index is -0.0361. The summed E-state index contributed by atoms with van der Waals surface area (Å²) in [5, 5.41) is 2.20. The molecule has 0 N–H and O–H groups in total. The van der Waals surface area contributed by atoms with E-state index in [4.69, 9.17) is 9.72 Å². The Morgan fingerprint density at radius 1 is 0.569 bits per heavy atom. The third-order valence-corrected chi connectivity index (χ3v) is 10.9. The third kappa shape index (κ3) is 6.66. The molecule has 1 aliphatic rings. The molecule has 3 heterocycles. The Labute approximate surface area is 354 Å². The number of hydrogen-bond donors (Lipinski definition) is 0. The maximum atomic E-state index is 6.59. The Balaban J connectivity index is 0.00000436. The summed E-state index contributed by atoms with van der Waals surface area (Å²) in [5.74, 6) is 2.04. The number of aromatic nitrogens is 2. The summed E-state index contributed by atoms with van der Waals surface area (Å²) < 4.78 is 8.80. The third-order valence-electron chi connectivity index (χ3n) is 10.9. The summed E-state index contributed by atoms with van der Waals surface area (Å²) in [7, 11) is 0. The van der Waals surface area contributed by atoms with Crippen LogP contribution in [-0.2, 0) is 21.1 Å². The van der Waals surface area contributed by atoms with Crippen molar-refractivity contribution >= 4 is 38.9 Å². The number of hydrogen-bond acceptors (Lipinski definition) is 4. The van der Waals surface area contributed by atoms with Gasteiger partial charge >= 0.3 is 21.1 Å². The van der Waals surface area contributed by atoms with Crippen LogP contribution in [0.2, 0.25) is 0 Å². The molecular formula is C52H40N4OPt. The van der Waals surface area contributed by atoms with E-state index in [0.717, 1.165) is 67.9 Å². The van der Waals surface area contributed by atoms with Gasteiger partial charge in [-0.15, -0.1) is 35.7 Å². The van der Waals surface area contributed by atoms with Gasteiger partial charge in [0.05, 0.1) is 18.0 Å². The fraction of sp³-hybridized carbons (Fsp3) is 0.0962. The van der Waals surface area contributed by atoms with Crippen LogP contribution in [0.25, 0.3) is 61.0 Å². The molecule has 0 saturated carbocycles. The van der Waals surface area contributed by atoms with Crippen LogP contribution in [0.5, 0.6) is 11.5 Å². The Kier molecular flexibility index (Phi) is 9.71. The molecule has 6 heteroatoms. The van der Waals surface area contributed by atoms with Crippen LogP contribution in [0.3, 0.4) is 0 Å². The average Bonchev–Trinajstić information content (AvgIpc) is 3.81. The van der Waals surface area contributed by atoms with Gasteiger partial charge < -0.3 is 19.1 Å². The molecule has 0 unspecified atom stereocenters. The second-order valence-electron chi connectivity index (χ2n) is 15.5. The number of pyridine rings is 1. The van der Waals surface area contributed by atoms with Gasteiger partial charge in [0.1, 0.15) is 5.82 Å². The number of anilines is 3. The molecule has 1 aliphatic heterocycles. The topological polar surface area (TPSA) is 33.5 Å². The first-order chi connectivity index (χ1) is 27.9. The molecule has 7 aromatic carbocycles. The first-order valence-electron chi connectivity index (χ1n) is 19.4. The van der Waals surface area contributed by atoms with Crippen molar-refractivity contribution in [1.82, 2.24) is 9.55 Å². The molecule has 0 spiro atoms. The largest absolute Gasteiger partial charge is 2.00 e. The molecule has 0 radical (unpaired) electrons. The summed E-state index contributed by atoms with van der Waals surface area (Å²) >= 11 is 0. The maximum Gasteiger partial charge on any atom is 2.00 e.